The van der Waals surface area contributed by atoms with Crippen molar-refractivity contribution in [2.75, 3.05) is 13.2 Å². The molecular weight excluding hydrogens is 386 g/mol. The maximum atomic E-state index is 10.2. The van der Waals surface area contributed by atoms with Crippen LogP contribution in [0.25, 0.3) is 0 Å². The van der Waals surface area contributed by atoms with Crippen LogP contribution in [0.15, 0.2) is 105 Å². The standard InChI is InChI=1S/C21H19N5O4/c27-16-13-29-19-7-3-1-5-17(19)22-24-21(15-9-11-26(28)12-10-15)25-23-18-6-2-4-8-20(18)30-14-16/h1-12,16,27-28H,13-14H2. The number of nitrogens with zero attached hydrogens (tertiary/aromatic N) is 5. The molecule has 9 nitrogen and oxygen atoms in total. The third-order valence-electron chi connectivity index (χ3n) is 4.17. The van der Waals surface area contributed by atoms with E-state index < -0.39 is 6.10 Å². The Morgan fingerprint density at radius 2 is 1.27 bits per heavy atom. The Balaban J connectivity index is 1.78. The highest BCUT2D eigenvalue weighted by atomic mass is 16.5. The molecule has 0 radical (unpaired) electrons. The summed E-state index contributed by atoms with van der Waals surface area (Å²) in [5.41, 5.74) is 1.56. The quantitative estimate of drug-likeness (QED) is 0.664. The fraction of sp³-hybridized carbons (Fsp3) is 0.143. The molecule has 0 unspecified atom stereocenters. The Hall–Kier alpha value is -3.82. The van der Waals surface area contributed by atoms with Crippen LogP contribution in [0.3, 0.4) is 0 Å². The number of allylic oxidation sites excluding steroid dienone is 3. The van der Waals surface area contributed by atoms with Gasteiger partial charge in [0.05, 0.1) is 0 Å². The lowest BCUT2D eigenvalue weighted by molar-refractivity contribution is 0.0105. The Kier molecular flexibility index (Phi) is 5.93. The van der Waals surface area contributed by atoms with E-state index in [9.17, 15) is 10.3 Å². The number of hydroxylamine groups is 2. The van der Waals surface area contributed by atoms with Gasteiger partial charge in [0.15, 0.2) is 0 Å². The van der Waals surface area contributed by atoms with E-state index in [-0.39, 0.29) is 19.0 Å². The molecule has 0 amide bonds. The first-order chi connectivity index (χ1) is 14.7. The van der Waals surface area contributed by atoms with Crippen molar-refractivity contribution in [2.24, 2.45) is 20.5 Å². The molecule has 2 aromatic carbocycles. The normalized spacial score (nSPS) is 18.9. The Labute approximate surface area is 172 Å². The first kappa shape index (κ1) is 19.5. The van der Waals surface area contributed by atoms with Crippen LogP contribution in [0.2, 0.25) is 0 Å². The summed E-state index contributed by atoms with van der Waals surface area (Å²) in [7, 11) is 0. The highest BCUT2D eigenvalue weighted by Gasteiger charge is 2.13. The number of hydrogen-bond acceptors (Lipinski definition) is 9. The van der Waals surface area contributed by atoms with Gasteiger partial charge < -0.3 is 14.6 Å². The van der Waals surface area contributed by atoms with Crippen molar-refractivity contribution >= 4 is 11.4 Å². The topological polar surface area (TPSA) is 112 Å². The summed E-state index contributed by atoms with van der Waals surface area (Å²) in [6, 6.07) is 14.2. The third kappa shape index (κ3) is 4.77. The predicted octanol–water partition coefficient (Wildman–Crippen LogP) is 4.63. The van der Waals surface area contributed by atoms with Gasteiger partial charge in [-0.25, -0.2) is 5.06 Å². The van der Waals surface area contributed by atoms with E-state index in [1.807, 2.05) is 0 Å². The van der Waals surface area contributed by atoms with Crippen molar-refractivity contribution in [2.45, 2.75) is 6.10 Å². The van der Waals surface area contributed by atoms with Crippen molar-refractivity contribution in [3.63, 3.8) is 0 Å². The summed E-state index contributed by atoms with van der Waals surface area (Å²) >= 11 is 0. The molecular formula is C21H19N5O4. The van der Waals surface area contributed by atoms with Crippen LogP contribution in [0, 0.1) is 0 Å². The van der Waals surface area contributed by atoms with Gasteiger partial charge in [-0.1, -0.05) is 24.3 Å². The number of fused-ring (bicyclic) bond motifs is 2. The average Bonchev–Trinajstić information content (AvgIpc) is 2.78. The number of hydrogen-bond donors (Lipinski definition) is 2. The molecule has 0 aromatic heterocycles. The van der Waals surface area contributed by atoms with Gasteiger partial charge >= 0.3 is 0 Å². The molecule has 2 aliphatic heterocycles. The third-order valence-corrected chi connectivity index (χ3v) is 4.17. The number of aliphatic hydroxyl groups excluding tert-OH is 1. The van der Waals surface area contributed by atoms with Crippen LogP contribution in [0.4, 0.5) is 11.4 Å². The molecule has 0 aliphatic carbocycles. The van der Waals surface area contributed by atoms with E-state index in [0.29, 0.717) is 28.4 Å². The highest BCUT2D eigenvalue weighted by molar-refractivity contribution is 5.52. The molecule has 2 aliphatic rings. The molecule has 0 spiro atoms. The van der Waals surface area contributed by atoms with E-state index in [4.69, 9.17) is 9.47 Å². The van der Waals surface area contributed by atoms with Crippen LogP contribution in [0.5, 0.6) is 11.5 Å². The van der Waals surface area contributed by atoms with Crippen LogP contribution in [-0.2, 0) is 0 Å². The van der Waals surface area contributed by atoms with Crippen LogP contribution in [0.1, 0.15) is 0 Å². The Morgan fingerprint density at radius 1 is 0.767 bits per heavy atom. The highest BCUT2D eigenvalue weighted by Crippen LogP contribution is 2.31. The largest absolute Gasteiger partial charge is 0.488 e. The molecule has 4 rings (SSSR count). The predicted molar refractivity (Wildman–Crippen MR) is 108 cm³/mol. The van der Waals surface area contributed by atoms with Gasteiger partial charge in [0.2, 0.25) is 5.82 Å². The molecule has 0 saturated carbocycles. The second-order valence-corrected chi connectivity index (χ2v) is 6.40. The maximum absolute atomic E-state index is 10.2. The molecule has 152 valence electrons. The fourth-order valence-electron chi connectivity index (χ4n) is 2.65. The molecule has 30 heavy (non-hydrogen) atoms. The second-order valence-electron chi connectivity index (χ2n) is 6.40. The molecule has 0 atom stereocenters. The molecule has 9 heteroatoms. The van der Waals surface area contributed by atoms with Gasteiger partial charge in [0, 0.05) is 18.0 Å². The second kappa shape index (κ2) is 9.12. The number of ether oxygens (including phenoxy) is 2. The SMILES string of the molecule is OC1COc2ccccc2N=NC(=C2C=CN(O)C=C2)N=Nc2ccccc2OC1. The van der Waals surface area contributed by atoms with Crippen LogP contribution < -0.4 is 9.47 Å². The molecule has 0 bridgehead atoms. The van der Waals surface area contributed by atoms with E-state index >= 15 is 0 Å². The van der Waals surface area contributed by atoms with E-state index in [1.54, 1.807) is 60.7 Å². The van der Waals surface area contributed by atoms with Gasteiger partial charge in [-0.3, -0.25) is 5.21 Å². The number of azo groups is 2. The molecule has 0 saturated heterocycles. The lowest BCUT2D eigenvalue weighted by Gasteiger charge is -2.15. The first-order valence-electron chi connectivity index (χ1n) is 9.22. The number of rotatable bonds is 0. The lowest BCUT2D eigenvalue weighted by atomic mass is 10.2. The minimum absolute atomic E-state index is 0.0297. The zero-order valence-corrected chi connectivity index (χ0v) is 15.9. The zero-order chi connectivity index (χ0) is 20.8. The smallest absolute Gasteiger partial charge is 0.203 e. The average molecular weight is 405 g/mol. The molecule has 2 N–H and O–H groups in total. The van der Waals surface area contributed by atoms with Gasteiger partial charge in [0.1, 0.15) is 42.2 Å². The zero-order valence-electron chi connectivity index (χ0n) is 15.9. The van der Waals surface area contributed by atoms with Crippen LogP contribution in [-0.4, -0.2) is 34.7 Å². The minimum Gasteiger partial charge on any atom is -0.488 e. The minimum atomic E-state index is -0.848. The van der Waals surface area contributed by atoms with E-state index in [0.717, 1.165) is 5.06 Å². The molecule has 0 fully saturated rings. The van der Waals surface area contributed by atoms with Crippen molar-refractivity contribution in [3.8, 4) is 11.5 Å². The summed E-state index contributed by atoms with van der Waals surface area (Å²) in [6.45, 7) is 0.0595. The van der Waals surface area contributed by atoms with Crippen molar-refractivity contribution in [1.82, 2.24) is 5.06 Å². The van der Waals surface area contributed by atoms with E-state index in [2.05, 4.69) is 20.5 Å². The van der Waals surface area contributed by atoms with Gasteiger partial charge in [0.25, 0.3) is 0 Å². The fourth-order valence-corrected chi connectivity index (χ4v) is 2.65. The number of aliphatic hydroxyl groups is 1. The lowest BCUT2D eigenvalue weighted by Crippen LogP contribution is -2.25. The van der Waals surface area contributed by atoms with Crippen molar-refractivity contribution in [3.05, 3.63) is 84.5 Å². The first-order valence-corrected chi connectivity index (χ1v) is 9.22. The van der Waals surface area contributed by atoms with E-state index in [1.165, 1.54) is 12.4 Å². The summed E-state index contributed by atoms with van der Waals surface area (Å²) in [5.74, 6) is 1.17. The van der Waals surface area contributed by atoms with Gasteiger partial charge in [-0.15, -0.1) is 20.5 Å². The Bertz CT molecular complexity index is 981. The van der Waals surface area contributed by atoms with Crippen molar-refractivity contribution in [1.29, 1.82) is 0 Å². The molecule has 2 aromatic rings. The Morgan fingerprint density at radius 3 is 1.80 bits per heavy atom. The maximum Gasteiger partial charge on any atom is 0.203 e. The van der Waals surface area contributed by atoms with Gasteiger partial charge in [-0.2, -0.15) is 0 Å². The summed E-state index contributed by atoms with van der Waals surface area (Å²) in [5, 5.41) is 37.6. The number of benzene rings is 2. The number of para-hydroxylation sites is 2. The van der Waals surface area contributed by atoms with Crippen LogP contribution >= 0.6 is 0 Å². The summed E-state index contributed by atoms with van der Waals surface area (Å²) in [6.07, 6.45) is 5.33. The monoisotopic (exact) mass is 405 g/mol. The summed E-state index contributed by atoms with van der Waals surface area (Å²) in [4.78, 5) is 0. The van der Waals surface area contributed by atoms with Crippen molar-refractivity contribution < 1.29 is 19.8 Å². The molecule has 2 heterocycles. The van der Waals surface area contributed by atoms with Gasteiger partial charge in [-0.05, 0) is 36.4 Å². The summed E-state index contributed by atoms with van der Waals surface area (Å²) < 4.78 is 11.4.